The number of aliphatic hydroxyl groups excluding tert-OH is 1. The van der Waals surface area contributed by atoms with Crippen LogP contribution in [0, 0.1) is 19.7 Å². The quantitative estimate of drug-likeness (QED) is 0.227. The molecule has 0 aliphatic carbocycles. The van der Waals surface area contributed by atoms with Gasteiger partial charge < -0.3 is 9.84 Å². The van der Waals surface area contributed by atoms with Crippen molar-refractivity contribution < 1.29 is 23.8 Å². The number of carbonyl (C=O) groups is 2. The zero-order chi connectivity index (χ0) is 24.9. The van der Waals surface area contributed by atoms with Gasteiger partial charge in [0.1, 0.15) is 17.3 Å². The number of benzene rings is 3. The first-order valence-electron chi connectivity index (χ1n) is 10.9. The summed E-state index contributed by atoms with van der Waals surface area (Å²) in [5.74, 6) is -1.99. The second-order valence-corrected chi connectivity index (χ2v) is 9.39. The van der Waals surface area contributed by atoms with E-state index in [4.69, 9.17) is 4.74 Å². The molecule has 1 aliphatic rings. The number of Topliss-reactive ketones (excluding diaryl/α,β-unsaturated/α-hetero) is 1. The molecule has 1 amide bonds. The van der Waals surface area contributed by atoms with Crippen LogP contribution in [-0.4, -0.2) is 28.9 Å². The van der Waals surface area contributed by atoms with Crippen molar-refractivity contribution in [3.63, 3.8) is 0 Å². The molecule has 1 N–H and O–H groups in total. The fourth-order valence-corrected chi connectivity index (χ4v) is 5.56. The topological polar surface area (TPSA) is 79.7 Å². The van der Waals surface area contributed by atoms with Crippen molar-refractivity contribution in [2.45, 2.75) is 19.9 Å². The fraction of sp³-hybridized carbons (Fsp3) is 0.148. The number of carbonyl (C=O) groups excluding carboxylic acids is 2. The Morgan fingerprint density at radius 2 is 1.83 bits per heavy atom. The second-order valence-electron chi connectivity index (χ2n) is 8.38. The van der Waals surface area contributed by atoms with E-state index in [1.807, 2.05) is 26.0 Å². The van der Waals surface area contributed by atoms with Gasteiger partial charge in [-0.1, -0.05) is 29.5 Å². The van der Waals surface area contributed by atoms with Crippen LogP contribution in [-0.2, 0) is 9.59 Å². The number of thiazole rings is 1. The molecule has 8 heteroatoms. The lowest BCUT2D eigenvalue weighted by atomic mass is 9.95. The number of fused-ring (bicyclic) bond motifs is 1. The van der Waals surface area contributed by atoms with Crippen LogP contribution >= 0.6 is 11.3 Å². The third kappa shape index (κ3) is 3.85. The number of aromatic nitrogens is 1. The molecule has 0 radical (unpaired) electrons. The van der Waals surface area contributed by atoms with Crippen LogP contribution in [0.3, 0.4) is 0 Å². The SMILES string of the molecule is COc1ccc(/C(O)=C2\C(=O)C(=O)N(c3nc4c(C)cc(C)cc4s3)[C@H]2c2cccc(F)c2)cc1. The average molecular weight is 489 g/mol. The predicted molar refractivity (Wildman–Crippen MR) is 133 cm³/mol. The summed E-state index contributed by atoms with van der Waals surface area (Å²) >= 11 is 1.27. The summed E-state index contributed by atoms with van der Waals surface area (Å²) in [7, 11) is 1.52. The number of ketones is 1. The van der Waals surface area contributed by atoms with Gasteiger partial charge in [-0.15, -0.1) is 0 Å². The molecular weight excluding hydrogens is 467 g/mol. The van der Waals surface area contributed by atoms with E-state index in [0.717, 1.165) is 21.3 Å². The Balaban J connectivity index is 1.73. The Bertz CT molecular complexity index is 1520. The van der Waals surface area contributed by atoms with E-state index in [-0.39, 0.29) is 11.3 Å². The number of methoxy groups -OCH3 is 1. The first-order valence-corrected chi connectivity index (χ1v) is 11.7. The lowest BCUT2D eigenvalue weighted by molar-refractivity contribution is -0.132. The van der Waals surface area contributed by atoms with Crippen molar-refractivity contribution in [3.8, 4) is 5.75 Å². The maximum Gasteiger partial charge on any atom is 0.301 e. The van der Waals surface area contributed by atoms with E-state index < -0.39 is 23.5 Å². The second kappa shape index (κ2) is 8.63. The van der Waals surface area contributed by atoms with E-state index >= 15 is 0 Å². The molecule has 1 aliphatic heterocycles. The van der Waals surface area contributed by atoms with E-state index in [0.29, 0.717) is 22.0 Å². The highest BCUT2D eigenvalue weighted by molar-refractivity contribution is 7.22. The molecule has 0 spiro atoms. The number of hydrogen-bond acceptors (Lipinski definition) is 6. The third-order valence-electron chi connectivity index (χ3n) is 6.00. The number of ether oxygens (including phenoxy) is 1. The van der Waals surface area contributed by atoms with E-state index in [2.05, 4.69) is 4.98 Å². The van der Waals surface area contributed by atoms with Crippen molar-refractivity contribution >= 4 is 44.1 Å². The average Bonchev–Trinajstić information content (AvgIpc) is 3.37. The molecule has 2 heterocycles. The highest BCUT2D eigenvalue weighted by Gasteiger charge is 2.48. The summed E-state index contributed by atoms with van der Waals surface area (Å²) in [5.41, 5.74) is 3.28. The highest BCUT2D eigenvalue weighted by atomic mass is 32.1. The van der Waals surface area contributed by atoms with Gasteiger partial charge in [-0.3, -0.25) is 14.5 Å². The molecule has 1 atom stereocenters. The first kappa shape index (κ1) is 22.7. The third-order valence-corrected chi connectivity index (χ3v) is 7.00. The largest absolute Gasteiger partial charge is 0.507 e. The number of halogens is 1. The predicted octanol–water partition coefficient (Wildman–Crippen LogP) is 5.69. The Morgan fingerprint density at radius 1 is 1.09 bits per heavy atom. The van der Waals surface area contributed by atoms with Gasteiger partial charge in [-0.2, -0.15) is 0 Å². The van der Waals surface area contributed by atoms with Gasteiger partial charge >= 0.3 is 5.91 Å². The molecule has 0 bridgehead atoms. The summed E-state index contributed by atoms with van der Waals surface area (Å²) in [5, 5.41) is 11.5. The zero-order valence-corrected chi connectivity index (χ0v) is 20.0. The summed E-state index contributed by atoms with van der Waals surface area (Å²) in [4.78, 5) is 32.5. The standard InChI is InChI=1S/C27H21FN2O4S/c1-14-11-15(2)22-20(12-14)35-27(29-22)30-23(17-5-4-6-18(28)13-17)21(25(32)26(30)33)24(31)16-7-9-19(34-3)10-8-16/h4-13,23,31H,1-3H3/b24-21+/t23-/m0/s1. The number of nitrogens with zero attached hydrogens (tertiary/aromatic N) is 2. The molecule has 0 saturated carbocycles. The molecule has 176 valence electrons. The molecule has 1 aromatic heterocycles. The van der Waals surface area contributed by atoms with Crippen molar-refractivity contribution in [2.24, 2.45) is 0 Å². The van der Waals surface area contributed by atoms with Crippen LogP contribution < -0.4 is 9.64 Å². The number of amides is 1. The zero-order valence-electron chi connectivity index (χ0n) is 19.2. The van der Waals surface area contributed by atoms with Gasteiger partial charge in [0, 0.05) is 5.56 Å². The Labute approximate surface area is 204 Å². The Kier molecular flexibility index (Phi) is 5.61. The number of aliphatic hydroxyl groups is 1. The van der Waals surface area contributed by atoms with Crippen LogP contribution in [0.25, 0.3) is 16.0 Å². The van der Waals surface area contributed by atoms with E-state index in [1.54, 1.807) is 30.3 Å². The van der Waals surface area contributed by atoms with Crippen molar-refractivity contribution in [1.82, 2.24) is 4.98 Å². The molecule has 1 fully saturated rings. The van der Waals surface area contributed by atoms with Crippen LogP contribution in [0.5, 0.6) is 5.75 Å². The van der Waals surface area contributed by atoms with E-state index in [9.17, 15) is 19.1 Å². The maximum atomic E-state index is 14.2. The summed E-state index contributed by atoms with van der Waals surface area (Å²) in [6.07, 6.45) is 0. The molecule has 3 aromatic carbocycles. The van der Waals surface area contributed by atoms with Gasteiger partial charge in [0.25, 0.3) is 5.78 Å². The van der Waals surface area contributed by atoms with Gasteiger partial charge in [0.05, 0.1) is 28.9 Å². The molecule has 35 heavy (non-hydrogen) atoms. The van der Waals surface area contributed by atoms with Gasteiger partial charge in [-0.25, -0.2) is 9.37 Å². The van der Waals surface area contributed by atoms with Crippen LogP contribution in [0.2, 0.25) is 0 Å². The monoisotopic (exact) mass is 488 g/mol. The summed E-state index contributed by atoms with van der Waals surface area (Å²) < 4.78 is 20.3. The number of aryl methyl sites for hydroxylation is 2. The Hall–Kier alpha value is -4.04. The smallest absolute Gasteiger partial charge is 0.301 e. The fourth-order valence-electron chi connectivity index (χ4n) is 4.39. The lowest BCUT2D eigenvalue weighted by Crippen LogP contribution is -2.29. The van der Waals surface area contributed by atoms with E-state index in [1.165, 1.54) is 41.5 Å². The number of hydrogen-bond donors (Lipinski definition) is 1. The molecule has 0 unspecified atom stereocenters. The highest BCUT2D eigenvalue weighted by Crippen LogP contribution is 2.44. The van der Waals surface area contributed by atoms with Crippen molar-refractivity contribution in [3.05, 3.63) is 94.3 Å². The van der Waals surface area contributed by atoms with Crippen molar-refractivity contribution in [1.29, 1.82) is 0 Å². The number of rotatable bonds is 4. The summed E-state index contributed by atoms with van der Waals surface area (Å²) in [6.45, 7) is 3.90. The maximum absolute atomic E-state index is 14.2. The summed E-state index contributed by atoms with van der Waals surface area (Å²) in [6, 6.07) is 15.0. The molecule has 4 aromatic rings. The van der Waals surface area contributed by atoms with Gasteiger partial charge in [-0.05, 0) is 73.0 Å². The molecule has 6 nitrogen and oxygen atoms in total. The molecule has 1 saturated heterocycles. The molecule has 5 rings (SSSR count). The Morgan fingerprint density at radius 3 is 2.51 bits per heavy atom. The first-order chi connectivity index (χ1) is 16.8. The minimum absolute atomic E-state index is 0.127. The number of anilines is 1. The van der Waals surface area contributed by atoms with Crippen LogP contribution in [0.15, 0.2) is 66.2 Å². The van der Waals surface area contributed by atoms with Crippen molar-refractivity contribution in [2.75, 3.05) is 12.0 Å². The van der Waals surface area contributed by atoms with Gasteiger partial charge in [0.2, 0.25) is 0 Å². The minimum atomic E-state index is -1.05. The molecular formula is C27H21FN2O4S. The van der Waals surface area contributed by atoms with Gasteiger partial charge in [0.15, 0.2) is 5.13 Å². The normalized spacial score (nSPS) is 17.4. The minimum Gasteiger partial charge on any atom is -0.507 e. The van der Waals surface area contributed by atoms with Crippen LogP contribution in [0.1, 0.15) is 28.3 Å². The van der Waals surface area contributed by atoms with Crippen LogP contribution in [0.4, 0.5) is 9.52 Å². The lowest BCUT2D eigenvalue weighted by Gasteiger charge is -2.23.